The highest BCUT2D eigenvalue weighted by molar-refractivity contribution is 8.00. The number of hydrogen-bond acceptors (Lipinski definition) is 4. The minimum absolute atomic E-state index is 0.0128. The molecule has 1 aliphatic rings. The zero-order valence-corrected chi connectivity index (χ0v) is 12.6. The van der Waals surface area contributed by atoms with Crippen molar-refractivity contribution in [3.05, 3.63) is 0 Å². The monoisotopic (exact) mass is 272 g/mol. The fourth-order valence-corrected chi connectivity index (χ4v) is 3.22. The Morgan fingerprint density at radius 1 is 1.28 bits per heavy atom. The smallest absolute Gasteiger partial charge is 0.316 e. The minimum Gasteiger partial charge on any atom is -0.459 e. The van der Waals surface area contributed by atoms with Gasteiger partial charge in [0.2, 0.25) is 0 Å². The Labute approximate surface area is 114 Å². The predicted molar refractivity (Wildman–Crippen MR) is 74.7 cm³/mol. The van der Waals surface area contributed by atoms with Gasteiger partial charge >= 0.3 is 5.97 Å². The third-order valence-electron chi connectivity index (χ3n) is 3.01. The lowest BCUT2D eigenvalue weighted by Crippen LogP contribution is -2.32. The molecule has 18 heavy (non-hydrogen) atoms. The van der Waals surface area contributed by atoms with Gasteiger partial charge in [-0.3, -0.25) is 9.59 Å². The highest BCUT2D eigenvalue weighted by Gasteiger charge is 2.27. The average molecular weight is 272 g/mol. The molecule has 1 aliphatic carbocycles. The van der Waals surface area contributed by atoms with Gasteiger partial charge in [-0.2, -0.15) is 11.8 Å². The molecule has 0 amide bonds. The molecule has 0 bridgehead atoms. The van der Waals surface area contributed by atoms with Crippen molar-refractivity contribution in [1.29, 1.82) is 0 Å². The standard InChI is InChI=1S/C14H24O3S/c1-10(13(16)17-14(2,3)4)12(15)9-18-11-7-5-6-8-11/h10-11H,5-9H2,1-4H3. The van der Waals surface area contributed by atoms with Gasteiger partial charge in [0.15, 0.2) is 5.78 Å². The summed E-state index contributed by atoms with van der Waals surface area (Å²) in [5, 5.41) is 0.611. The van der Waals surface area contributed by atoms with Crippen molar-refractivity contribution in [1.82, 2.24) is 0 Å². The fourth-order valence-electron chi connectivity index (χ4n) is 1.90. The van der Waals surface area contributed by atoms with Crippen LogP contribution in [0.4, 0.5) is 0 Å². The van der Waals surface area contributed by atoms with Gasteiger partial charge in [-0.15, -0.1) is 0 Å². The van der Waals surface area contributed by atoms with Crippen LogP contribution in [0.15, 0.2) is 0 Å². The van der Waals surface area contributed by atoms with Gasteiger partial charge < -0.3 is 4.74 Å². The largest absolute Gasteiger partial charge is 0.459 e. The summed E-state index contributed by atoms with van der Waals surface area (Å²) >= 11 is 1.70. The molecule has 0 radical (unpaired) electrons. The lowest BCUT2D eigenvalue weighted by atomic mass is 10.1. The molecular formula is C14H24O3S. The van der Waals surface area contributed by atoms with E-state index in [-0.39, 0.29) is 5.78 Å². The Hall–Kier alpha value is -0.510. The van der Waals surface area contributed by atoms with E-state index in [1.165, 1.54) is 25.7 Å². The number of Topliss-reactive ketones (excluding diaryl/α,β-unsaturated/α-hetero) is 1. The van der Waals surface area contributed by atoms with Gasteiger partial charge in [0, 0.05) is 5.25 Å². The van der Waals surface area contributed by atoms with Crippen LogP contribution in [0.1, 0.15) is 53.4 Å². The zero-order chi connectivity index (χ0) is 13.8. The van der Waals surface area contributed by atoms with E-state index in [2.05, 4.69) is 0 Å². The van der Waals surface area contributed by atoms with Crippen molar-refractivity contribution in [2.24, 2.45) is 5.92 Å². The molecule has 0 aliphatic heterocycles. The Bertz CT molecular complexity index is 301. The summed E-state index contributed by atoms with van der Waals surface area (Å²) in [5.41, 5.74) is -0.524. The highest BCUT2D eigenvalue weighted by atomic mass is 32.2. The van der Waals surface area contributed by atoms with Crippen LogP contribution < -0.4 is 0 Å². The van der Waals surface area contributed by atoms with E-state index in [9.17, 15) is 9.59 Å². The Morgan fingerprint density at radius 3 is 2.33 bits per heavy atom. The number of carbonyl (C=O) groups excluding carboxylic acids is 2. The summed E-state index contributed by atoms with van der Waals surface area (Å²) in [6.45, 7) is 7.09. The Morgan fingerprint density at radius 2 is 1.83 bits per heavy atom. The van der Waals surface area contributed by atoms with Gasteiger partial charge in [0.05, 0.1) is 5.75 Å². The molecule has 0 aromatic heterocycles. The molecule has 0 saturated heterocycles. The molecule has 4 heteroatoms. The van der Waals surface area contributed by atoms with Gasteiger partial charge in [0.1, 0.15) is 11.5 Å². The quantitative estimate of drug-likeness (QED) is 0.569. The van der Waals surface area contributed by atoms with Crippen molar-refractivity contribution in [2.45, 2.75) is 64.2 Å². The van der Waals surface area contributed by atoms with E-state index in [4.69, 9.17) is 4.74 Å². The second kappa shape index (κ2) is 6.60. The number of esters is 1. The minimum atomic E-state index is -0.641. The molecule has 104 valence electrons. The molecule has 1 unspecified atom stereocenters. The molecule has 1 atom stereocenters. The second-order valence-corrected chi connectivity index (χ2v) is 7.23. The molecule has 0 N–H and O–H groups in total. The first-order chi connectivity index (χ1) is 8.29. The van der Waals surface area contributed by atoms with E-state index < -0.39 is 17.5 Å². The van der Waals surface area contributed by atoms with Crippen molar-refractivity contribution in [2.75, 3.05) is 5.75 Å². The predicted octanol–water partition coefficient (Wildman–Crippen LogP) is 3.21. The summed E-state index contributed by atoms with van der Waals surface area (Å²) < 4.78 is 5.22. The summed E-state index contributed by atoms with van der Waals surface area (Å²) in [5.74, 6) is -0.621. The maximum atomic E-state index is 11.9. The van der Waals surface area contributed by atoms with Crippen LogP contribution in [0.2, 0.25) is 0 Å². The van der Waals surface area contributed by atoms with E-state index in [0.29, 0.717) is 11.0 Å². The van der Waals surface area contributed by atoms with Gasteiger partial charge in [0.25, 0.3) is 0 Å². The summed E-state index contributed by atoms with van der Waals surface area (Å²) in [6, 6.07) is 0. The first-order valence-electron chi connectivity index (χ1n) is 6.67. The van der Waals surface area contributed by atoms with Gasteiger partial charge in [-0.1, -0.05) is 12.8 Å². The van der Waals surface area contributed by atoms with Gasteiger partial charge in [-0.25, -0.2) is 0 Å². The lowest BCUT2D eigenvalue weighted by molar-refractivity contribution is -0.160. The van der Waals surface area contributed by atoms with E-state index in [1.807, 2.05) is 20.8 Å². The summed E-state index contributed by atoms with van der Waals surface area (Å²) in [4.78, 5) is 23.6. The van der Waals surface area contributed by atoms with Crippen LogP contribution in [0.25, 0.3) is 0 Å². The van der Waals surface area contributed by atoms with Gasteiger partial charge in [-0.05, 0) is 40.5 Å². The summed E-state index contributed by atoms with van der Waals surface area (Å²) in [7, 11) is 0. The van der Waals surface area contributed by atoms with Crippen LogP contribution in [0.3, 0.4) is 0 Å². The molecule has 1 fully saturated rings. The van der Waals surface area contributed by atoms with Crippen LogP contribution in [0, 0.1) is 5.92 Å². The molecule has 0 spiro atoms. The number of hydrogen-bond donors (Lipinski definition) is 0. The fraction of sp³-hybridized carbons (Fsp3) is 0.857. The highest BCUT2D eigenvalue weighted by Crippen LogP contribution is 2.29. The maximum Gasteiger partial charge on any atom is 0.316 e. The topological polar surface area (TPSA) is 43.4 Å². The molecular weight excluding hydrogens is 248 g/mol. The normalized spacial score (nSPS) is 18.7. The molecule has 0 heterocycles. The average Bonchev–Trinajstić information content (AvgIpc) is 2.75. The Balaban J connectivity index is 2.33. The third-order valence-corrected chi connectivity index (χ3v) is 4.40. The lowest BCUT2D eigenvalue weighted by Gasteiger charge is -2.21. The SMILES string of the molecule is CC(C(=O)CSC1CCCC1)C(=O)OC(C)(C)C. The molecule has 0 aromatic carbocycles. The molecule has 0 aromatic rings. The molecule has 1 saturated carbocycles. The third kappa shape index (κ3) is 5.42. The van der Waals surface area contributed by atoms with Crippen LogP contribution in [-0.2, 0) is 14.3 Å². The van der Waals surface area contributed by atoms with Crippen LogP contribution in [0.5, 0.6) is 0 Å². The first-order valence-corrected chi connectivity index (χ1v) is 7.71. The van der Waals surface area contributed by atoms with Crippen LogP contribution in [-0.4, -0.2) is 28.4 Å². The Kier molecular flexibility index (Phi) is 5.70. The number of thioether (sulfide) groups is 1. The second-order valence-electron chi connectivity index (χ2n) is 5.94. The van der Waals surface area contributed by atoms with Crippen molar-refractivity contribution < 1.29 is 14.3 Å². The van der Waals surface area contributed by atoms with Crippen molar-refractivity contribution >= 4 is 23.5 Å². The zero-order valence-electron chi connectivity index (χ0n) is 11.8. The number of ketones is 1. The van der Waals surface area contributed by atoms with Crippen molar-refractivity contribution in [3.63, 3.8) is 0 Å². The number of carbonyl (C=O) groups is 2. The first kappa shape index (κ1) is 15.5. The maximum absolute atomic E-state index is 11.9. The summed E-state index contributed by atoms with van der Waals surface area (Å²) in [6.07, 6.45) is 4.96. The van der Waals surface area contributed by atoms with E-state index in [1.54, 1.807) is 18.7 Å². The van der Waals surface area contributed by atoms with E-state index in [0.717, 1.165) is 0 Å². The molecule has 1 rings (SSSR count). The number of rotatable bonds is 5. The number of ether oxygens (including phenoxy) is 1. The van der Waals surface area contributed by atoms with Crippen LogP contribution >= 0.6 is 11.8 Å². The molecule has 3 nitrogen and oxygen atoms in total. The van der Waals surface area contributed by atoms with Crippen molar-refractivity contribution in [3.8, 4) is 0 Å². The van der Waals surface area contributed by atoms with E-state index >= 15 is 0 Å².